The molecule has 0 radical (unpaired) electrons. The fraction of sp³-hybridized carbons (Fsp3) is 0.818. The highest BCUT2D eigenvalue weighted by atomic mass is 32.2. The second-order valence-corrected chi connectivity index (χ2v) is 6.39. The number of hydrogen-bond acceptors (Lipinski definition) is 5. The molecule has 2 atom stereocenters. The fourth-order valence-corrected chi connectivity index (χ4v) is 1.77. The van der Waals surface area contributed by atoms with Crippen LogP contribution < -0.4 is 0 Å². The Balaban J connectivity index is 2.53. The molecule has 16 heavy (non-hydrogen) atoms. The molecule has 0 aliphatic heterocycles. The molecule has 1 rings (SSSR count). The van der Waals surface area contributed by atoms with Gasteiger partial charge < -0.3 is 9.63 Å². The fourth-order valence-electron chi connectivity index (χ4n) is 0.962. The Kier molecular flexibility index (Phi) is 4.38. The molecule has 92 valence electrons. The van der Waals surface area contributed by atoms with Crippen molar-refractivity contribution in [2.45, 2.75) is 57.1 Å². The Morgan fingerprint density at radius 2 is 2.00 bits per heavy atom. The van der Waals surface area contributed by atoms with Crippen molar-refractivity contribution in [2.24, 2.45) is 0 Å². The molecule has 1 heterocycles. The number of aliphatic hydroxyl groups excluding tert-OH is 1. The van der Waals surface area contributed by atoms with E-state index in [2.05, 4.69) is 10.1 Å². The maximum absolute atomic E-state index is 9.35. The van der Waals surface area contributed by atoms with E-state index >= 15 is 0 Å². The Hall–Kier alpha value is -0.550. The predicted octanol–water partition coefficient (Wildman–Crippen LogP) is 2.37. The van der Waals surface area contributed by atoms with E-state index < -0.39 is 0 Å². The number of thioether (sulfide) groups is 1. The molecule has 1 aromatic rings. The van der Waals surface area contributed by atoms with Crippen LogP contribution in [-0.2, 0) is 11.2 Å². The van der Waals surface area contributed by atoms with Crippen molar-refractivity contribution in [3.63, 3.8) is 0 Å². The van der Waals surface area contributed by atoms with Gasteiger partial charge in [-0.2, -0.15) is 4.98 Å². The van der Waals surface area contributed by atoms with E-state index in [-0.39, 0.29) is 16.8 Å². The van der Waals surface area contributed by atoms with Gasteiger partial charge in [-0.15, -0.1) is 11.8 Å². The molecule has 0 spiro atoms. The van der Waals surface area contributed by atoms with Gasteiger partial charge in [-0.1, -0.05) is 32.9 Å². The van der Waals surface area contributed by atoms with E-state index in [0.717, 1.165) is 0 Å². The number of rotatable bonds is 4. The lowest BCUT2D eigenvalue weighted by Crippen LogP contribution is -2.15. The van der Waals surface area contributed by atoms with Crippen LogP contribution >= 0.6 is 11.8 Å². The third kappa shape index (κ3) is 3.79. The molecule has 0 aromatic carbocycles. The summed E-state index contributed by atoms with van der Waals surface area (Å²) in [6.07, 6.45) is -0.320. The average molecular weight is 244 g/mol. The summed E-state index contributed by atoms with van der Waals surface area (Å²) in [5.74, 6) is 2.03. The Bertz CT molecular complexity index is 331. The van der Waals surface area contributed by atoms with Gasteiger partial charge in [0, 0.05) is 10.7 Å². The monoisotopic (exact) mass is 244 g/mol. The molecule has 5 heteroatoms. The van der Waals surface area contributed by atoms with E-state index in [4.69, 9.17) is 4.52 Å². The second kappa shape index (κ2) is 5.19. The SMILES string of the molecule is CC(O)C(C)SCc1noc(C(C)(C)C)n1. The van der Waals surface area contributed by atoms with E-state index in [1.54, 1.807) is 18.7 Å². The molecule has 0 saturated carbocycles. The molecule has 0 aliphatic rings. The first-order valence-electron chi connectivity index (χ1n) is 5.43. The molecule has 0 bridgehead atoms. The summed E-state index contributed by atoms with van der Waals surface area (Å²) in [5, 5.41) is 13.5. The number of aromatic nitrogens is 2. The van der Waals surface area contributed by atoms with Crippen LogP contribution in [0.1, 0.15) is 46.3 Å². The molecular formula is C11H20N2O2S. The van der Waals surface area contributed by atoms with Crippen molar-refractivity contribution in [1.82, 2.24) is 10.1 Å². The Morgan fingerprint density at radius 3 is 2.44 bits per heavy atom. The van der Waals surface area contributed by atoms with Crippen LogP contribution in [0.5, 0.6) is 0 Å². The van der Waals surface area contributed by atoms with Crippen LogP contribution in [0.25, 0.3) is 0 Å². The third-order valence-electron chi connectivity index (χ3n) is 2.26. The summed E-state index contributed by atoms with van der Waals surface area (Å²) >= 11 is 1.63. The number of aliphatic hydroxyl groups is 1. The van der Waals surface area contributed by atoms with Crippen molar-refractivity contribution in [1.29, 1.82) is 0 Å². The number of nitrogens with zero attached hydrogens (tertiary/aromatic N) is 2. The lowest BCUT2D eigenvalue weighted by Gasteiger charge is -2.12. The summed E-state index contributed by atoms with van der Waals surface area (Å²) in [5.41, 5.74) is -0.105. The lowest BCUT2D eigenvalue weighted by molar-refractivity contribution is 0.196. The summed E-state index contributed by atoms with van der Waals surface area (Å²) in [4.78, 5) is 4.33. The minimum absolute atomic E-state index is 0.105. The Labute approximate surface area is 101 Å². The first kappa shape index (κ1) is 13.5. The van der Waals surface area contributed by atoms with Crippen LogP contribution in [0.2, 0.25) is 0 Å². The zero-order valence-corrected chi connectivity index (χ0v) is 11.3. The molecule has 0 saturated heterocycles. The van der Waals surface area contributed by atoms with Crippen LogP contribution in [0, 0.1) is 0 Å². The van der Waals surface area contributed by atoms with Gasteiger partial charge in [0.1, 0.15) is 0 Å². The molecule has 0 amide bonds. The van der Waals surface area contributed by atoms with Crippen LogP contribution in [0.4, 0.5) is 0 Å². The second-order valence-electron chi connectivity index (χ2n) is 5.02. The maximum Gasteiger partial charge on any atom is 0.232 e. The zero-order chi connectivity index (χ0) is 12.3. The quantitative estimate of drug-likeness (QED) is 0.881. The highest BCUT2D eigenvalue weighted by molar-refractivity contribution is 7.99. The topological polar surface area (TPSA) is 59.2 Å². The molecule has 4 nitrogen and oxygen atoms in total. The van der Waals surface area contributed by atoms with Gasteiger partial charge >= 0.3 is 0 Å². The lowest BCUT2D eigenvalue weighted by atomic mass is 9.97. The first-order chi connectivity index (χ1) is 7.30. The predicted molar refractivity (Wildman–Crippen MR) is 65.4 cm³/mol. The van der Waals surface area contributed by atoms with E-state index in [9.17, 15) is 5.11 Å². The third-order valence-corrected chi connectivity index (χ3v) is 3.61. The molecule has 1 N–H and O–H groups in total. The van der Waals surface area contributed by atoms with Crippen molar-refractivity contribution >= 4 is 11.8 Å². The van der Waals surface area contributed by atoms with Crippen molar-refractivity contribution in [2.75, 3.05) is 0 Å². The Morgan fingerprint density at radius 1 is 1.38 bits per heavy atom. The van der Waals surface area contributed by atoms with E-state index in [1.807, 2.05) is 27.7 Å². The van der Waals surface area contributed by atoms with Gasteiger partial charge in [0.05, 0.1) is 11.9 Å². The van der Waals surface area contributed by atoms with Gasteiger partial charge in [-0.3, -0.25) is 0 Å². The summed E-state index contributed by atoms with van der Waals surface area (Å²) in [6.45, 7) is 9.89. The van der Waals surface area contributed by atoms with Crippen LogP contribution in [0.3, 0.4) is 0 Å². The van der Waals surface area contributed by atoms with Gasteiger partial charge in [-0.05, 0) is 6.92 Å². The van der Waals surface area contributed by atoms with Gasteiger partial charge in [-0.25, -0.2) is 0 Å². The summed E-state index contributed by atoms with van der Waals surface area (Å²) in [6, 6.07) is 0. The van der Waals surface area contributed by atoms with Crippen LogP contribution in [0.15, 0.2) is 4.52 Å². The van der Waals surface area contributed by atoms with Crippen molar-refractivity contribution in [3.05, 3.63) is 11.7 Å². The average Bonchev–Trinajstić information content (AvgIpc) is 2.61. The number of hydrogen-bond donors (Lipinski definition) is 1. The van der Waals surface area contributed by atoms with Gasteiger partial charge in [0.15, 0.2) is 5.82 Å². The molecule has 0 fully saturated rings. The molecule has 1 aromatic heterocycles. The highest BCUT2D eigenvalue weighted by Gasteiger charge is 2.22. The largest absolute Gasteiger partial charge is 0.392 e. The van der Waals surface area contributed by atoms with Crippen LogP contribution in [-0.4, -0.2) is 26.6 Å². The normalized spacial score (nSPS) is 16.1. The standard InChI is InChI=1S/C11H20N2O2S/c1-7(14)8(2)16-6-9-12-10(15-13-9)11(3,4)5/h7-8,14H,6H2,1-5H3. The maximum atomic E-state index is 9.35. The van der Waals surface area contributed by atoms with Crippen molar-refractivity contribution < 1.29 is 9.63 Å². The first-order valence-corrected chi connectivity index (χ1v) is 6.48. The molecule has 2 unspecified atom stereocenters. The van der Waals surface area contributed by atoms with E-state index in [1.165, 1.54) is 0 Å². The molecule has 0 aliphatic carbocycles. The minimum Gasteiger partial charge on any atom is -0.392 e. The summed E-state index contributed by atoms with van der Waals surface area (Å²) in [7, 11) is 0. The minimum atomic E-state index is -0.320. The van der Waals surface area contributed by atoms with Crippen molar-refractivity contribution in [3.8, 4) is 0 Å². The summed E-state index contributed by atoms with van der Waals surface area (Å²) < 4.78 is 5.18. The smallest absolute Gasteiger partial charge is 0.232 e. The highest BCUT2D eigenvalue weighted by Crippen LogP contribution is 2.22. The van der Waals surface area contributed by atoms with E-state index in [0.29, 0.717) is 17.5 Å². The zero-order valence-electron chi connectivity index (χ0n) is 10.5. The van der Waals surface area contributed by atoms with Gasteiger partial charge in [0.2, 0.25) is 5.89 Å². The molecular weight excluding hydrogens is 224 g/mol. The van der Waals surface area contributed by atoms with Gasteiger partial charge in [0.25, 0.3) is 0 Å².